The lowest BCUT2D eigenvalue weighted by molar-refractivity contribution is 0.615. The fourth-order valence-corrected chi connectivity index (χ4v) is 1.74. The molecule has 1 aromatic rings. The first kappa shape index (κ1) is 13.0. The van der Waals surface area contributed by atoms with E-state index in [0.29, 0.717) is 6.04 Å². The molecular formula is C13H23N3. The maximum absolute atomic E-state index is 5.77. The summed E-state index contributed by atoms with van der Waals surface area (Å²) >= 11 is 0. The average molecular weight is 221 g/mol. The molecule has 1 rings (SSSR count). The fourth-order valence-electron chi connectivity index (χ4n) is 1.74. The van der Waals surface area contributed by atoms with Crippen LogP contribution >= 0.6 is 0 Å². The molecule has 1 aromatic heterocycles. The minimum Gasteiger partial charge on any atom is -0.371 e. The van der Waals surface area contributed by atoms with Gasteiger partial charge < -0.3 is 10.6 Å². The van der Waals surface area contributed by atoms with Gasteiger partial charge in [0, 0.05) is 19.1 Å². The molecule has 0 saturated heterocycles. The molecule has 1 heterocycles. The quantitative estimate of drug-likeness (QED) is 0.831. The second kappa shape index (κ2) is 5.85. The van der Waals surface area contributed by atoms with Crippen LogP contribution in [0.4, 0.5) is 5.69 Å². The van der Waals surface area contributed by atoms with Crippen LogP contribution in [-0.4, -0.2) is 18.1 Å². The second-order valence-electron chi connectivity index (χ2n) is 4.48. The molecule has 0 aromatic carbocycles. The molecule has 2 atom stereocenters. The van der Waals surface area contributed by atoms with E-state index < -0.39 is 0 Å². The topological polar surface area (TPSA) is 42.1 Å². The maximum atomic E-state index is 5.77. The lowest BCUT2D eigenvalue weighted by Gasteiger charge is -2.26. The van der Waals surface area contributed by atoms with Crippen LogP contribution in [0.2, 0.25) is 0 Å². The first-order chi connectivity index (χ1) is 7.56. The standard InChI is InChI=1S/C13H23N3/c1-5-6-10(2)16(4)12-7-8-13(11(3)14)15-9-12/h7-11H,5-6,14H2,1-4H3/t10?,11-/m0/s1. The van der Waals surface area contributed by atoms with Gasteiger partial charge in [-0.25, -0.2) is 0 Å². The summed E-state index contributed by atoms with van der Waals surface area (Å²) in [7, 11) is 2.11. The summed E-state index contributed by atoms with van der Waals surface area (Å²) in [5.74, 6) is 0. The van der Waals surface area contributed by atoms with Gasteiger partial charge in [0.2, 0.25) is 0 Å². The van der Waals surface area contributed by atoms with Gasteiger partial charge in [0.25, 0.3) is 0 Å². The number of rotatable bonds is 5. The lowest BCUT2D eigenvalue weighted by atomic mass is 10.1. The number of pyridine rings is 1. The predicted octanol–water partition coefficient (Wildman–Crippen LogP) is 2.73. The Bertz CT molecular complexity index is 305. The van der Waals surface area contributed by atoms with Crippen molar-refractivity contribution in [3.05, 3.63) is 24.0 Å². The molecule has 0 spiro atoms. The first-order valence-corrected chi connectivity index (χ1v) is 6.00. The third-order valence-corrected chi connectivity index (χ3v) is 3.01. The van der Waals surface area contributed by atoms with E-state index in [1.54, 1.807) is 0 Å². The summed E-state index contributed by atoms with van der Waals surface area (Å²) in [5, 5.41) is 0. The van der Waals surface area contributed by atoms with Crippen molar-refractivity contribution >= 4 is 5.69 Å². The summed E-state index contributed by atoms with van der Waals surface area (Å²) in [4.78, 5) is 6.64. The monoisotopic (exact) mass is 221 g/mol. The second-order valence-corrected chi connectivity index (χ2v) is 4.48. The normalized spacial score (nSPS) is 14.6. The van der Waals surface area contributed by atoms with Crippen LogP contribution in [-0.2, 0) is 0 Å². The molecular weight excluding hydrogens is 198 g/mol. The highest BCUT2D eigenvalue weighted by molar-refractivity contribution is 5.44. The third kappa shape index (κ3) is 3.20. The van der Waals surface area contributed by atoms with Crippen LogP contribution in [0.1, 0.15) is 45.3 Å². The Balaban J connectivity index is 2.73. The molecule has 16 heavy (non-hydrogen) atoms. The van der Waals surface area contributed by atoms with E-state index in [0.717, 1.165) is 11.4 Å². The third-order valence-electron chi connectivity index (χ3n) is 3.01. The number of nitrogens with two attached hydrogens (primary N) is 1. The van der Waals surface area contributed by atoms with Crippen molar-refractivity contribution in [2.75, 3.05) is 11.9 Å². The number of hydrogen-bond donors (Lipinski definition) is 1. The van der Waals surface area contributed by atoms with E-state index in [9.17, 15) is 0 Å². The van der Waals surface area contributed by atoms with Crippen molar-refractivity contribution in [3.63, 3.8) is 0 Å². The largest absolute Gasteiger partial charge is 0.371 e. The number of aromatic nitrogens is 1. The van der Waals surface area contributed by atoms with Crippen LogP contribution in [0, 0.1) is 0 Å². The summed E-state index contributed by atoms with van der Waals surface area (Å²) < 4.78 is 0. The van der Waals surface area contributed by atoms with Crippen molar-refractivity contribution in [1.29, 1.82) is 0 Å². The van der Waals surface area contributed by atoms with Crippen LogP contribution < -0.4 is 10.6 Å². The number of nitrogens with zero attached hydrogens (tertiary/aromatic N) is 2. The van der Waals surface area contributed by atoms with Gasteiger partial charge in [0.05, 0.1) is 17.6 Å². The Morgan fingerprint density at radius 2 is 2.06 bits per heavy atom. The maximum Gasteiger partial charge on any atom is 0.0569 e. The molecule has 0 aliphatic rings. The fraction of sp³-hybridized carbons (Fsp3) is 0.615. The zero-order chi connectivity index (χ0) is 12.1. The minimum atomic E-state index is 0.00687. The molecule has 0 aliphatic carbocycles. The SMILES string of the molecule is CCCC(C)N(C)c1ccc([C@H](C)N)nc1. The molecule has 3 heteroatoms. The molecule has 0 radical (unpaired) electrons. The van der Waals surface area contributed by atoms with Gasteiger partial charge in [-0.15, -0.1) is 0 Å². The zero-order valence-electron chi connectivity index (χ0n) is 10.8. The Morgan fingerprint density at radius 1 is 1.38 bits per heavy atom. The van der Waals surface area contributed by atoms with Gasteiger partial charge in [-0.05, 0) is 32.4 Å². The predicted molar refractivity (Wildman–Crippen MR) is 69.6 cm³/mol. The summed E-state index contributed by atoms with van der Waals surface area (Å²) in [6, 6.07) is 4.66. The van der Waals surface area contributed by atoms with Crippen LogP contribution in [0.25, 0.3) is 0 Å². The Morgan fingerprint density at radius 3 is 2.50 bits per heavy atom. The van der Waals surface area contributed by atoms with Crippen molar-refractivity contribution in [2.24, 2.45) is 5.73 Å². The van der Waals surface area contributed by atoms with Gasteiger partial charge in [-0.3, -0.25) is 4.98 Å². The Hall–Kier alpha value is -1.09. The highest BCUT2D eigenvalue weighted by Gasteiger charge is 2.09. The van der Waals surface area contributed by atoms with Gasteiger partial charge in [0.1, 0.15) is 0 Å². The summed E-state index contributed by atoms with van der Waals surface area (Å²) in [6.07, 6.45) is 4.31. The number of anilines is 1. The molecule has 2 N–H and O–H groups in total. The Kier molecular flexibility index (Phi) is 4.74. The van der Waals surface area contributed by atoms with Crippen LogP contribution in [0.3, 0.4) is 0 Å². The van der Waals surface area contributed by atoms with Crippen molar-refractivity contribution in [3.8, 4) is 0 Å². The van der Waals surface area contributed by atoms with Gasteiger partial charge in [0.15, 0.2) is 0 Å². The lowest BCUT2D eigenvalue weighted by Crippen LogP contribution is -2.28. The molecule has 0 amide bonds. The molecule has 0 saturated carbocycles. The average Bonchev–Trinajstić information content (AvgIpc) is 2.28. The highest BCUT2D eigenvalue weighted by atomic mass is 15.1. The Labute approximate surface area is 98.7 Å². The van der Waals surface area contributed by atoms with E-state index in [2.05, 4.69) is 36.8 Å². The number of hydrogen-bond acceptors (Lipinski definition) is 3. The van der Waals surface area contributed by atoms with E-state index >= 15 is 0 Å². The van der Waals surface area contributed by atoms with Gasteiger partial charge in [-0.1, -0.05) is 13.3 Å². The van der Waals surface area contributed by atoms with E-state index in [-0.39, 0.29) is 6.04 Å². The molecule has 0 bridgehead atoms. The summed E-state index contributed by atoms with van der Waals surface area (Å²) in [6.45, 7) is 6.40. The van der Waals surface area contributed by atoms with Gasteiger partial charge >= 0.3 is 0 Å². The highest BCUT2D eigenvalue weighted by Crippen LogP contribution is 2.18. The van der Waals surface area contributed by atoms with Gasteiger partial charge in [-0.2, -0.15) is 0 Å². The van der Waals surface area contributed by atoms with Crippen LogP contribution in [0.5, 0.6) is 0 Å². The molecule has 90 valence electrons. The van der Waals surface area contributed by atoms with Crippen molar-refractivity contribution in [2.45, 2.75) is 45.7 Å². The minimum absolute atomic E-state index is 0.00687. The molecule has 3 nitrogen and oxygen atoms in total. The van der Waals surface area contributed by atoms with Crippen molar-refractivity contribution in [1.82, 2.24) is 4.98 Å². The van der Waals surface area contributed by atoms with Crippen LogP contribution in [0.15, 0.2) is 18.3 Å². The van der Waals surface area contributed by atoms with E-state index in [1.165, 1.54) is 12.8 Å². The zero-order valence-corrected chi connectivity index (χ0v) is 10.8. The van der Waals surface area contributed by atoms with Crippen molar-refractivity contribution < 1.29 is 0 Å². The first-order valence-electron chi connectivity index (χ1n) is 6.00. The van der Waals surface area contributed by atoms with E-state index in [1.807, 2.05) is 19.2 Å². The molecule has 0 aliphatic heterocycles. The smallest absolute Gasteiger partial charge is 0.0569 e. The van der Waals surface area contributed by atoms with E-state index in [4.69, 9.17) is 5.73 Å². The summed E-state index contributed by atoms with van der Waals surface area (Å²) in [5.41, 5.74) is 7.87. The molecule has 1 unspecified atom stereocenters. The molecule has 0 fully saturated rings.